The highest BCUT2D eigenvalue weighted by molar-refractivity contribution is 5.94. The average Bonchev–Trinajstić information content (AvgIpc) is 3.60. The number of aryl methyl sites for hydroxylation is 1. The number of carboxylic acid groups (broad SMARTS) is 1. The maximum absolute atomic E-state index is 12.5. The molecular formula is C27H32N2O4. The summed E-state index contributed by atoms with van der Waals surface area (Å²) in [6.45, 7) is 6.63. The van der Waals surface area contributed by atoms with Gasteiger partial charge in [-0.05, 0) is 73.6 Å². The van der Waals surface area contributed by atoms with Crippen LogP contribution in [0.25, 0.3) is 11.0 Å². The summed E-state index contributed by atoms with van der Waals surface area (Å²) >= 11 is 0. The predicted molar refractivity (Wildman–Crippen MR) is 130 cm³/mol. The van der Waals surface area contributed by atoms with Crippen LogP contribution in [0.5, 0.6) is 0 Å². The molecule has 1 saturated carbocycles. The molecule has 0 saturated heterocycles. The number of anilines is 1. The molecule has 0 bridgehead atoms. The number of hydrogen-bond acceptors (Lipinski definition) is 4. The summed E-state index contributed by atoms with van der Waals surface area (Å²) in [5.41, 5.74) is 4.93. The molecule has 0 aliphatic heterocycles. The van der Waals surface area contributed by atoms with Gasteiger partial charge in [-0.2, -0.15) is 0 Å². The maximum Gasteiger partial charge on any atom is 0.305 e. The second kappa shape index (κ2) is 9.30. The van der Waals surface area contributed by atoms with Gasteiger partial charge < -0.3 is 19.7 Å². The van der Waals surface area contributed by atoms with E-state index in [0.29, 0.717) is 11.5 Å². The van der Waals surface area contributed by atoms with E-state index in [1.807, 2.05) is 12.1 Å². The number of benzene rings is 2. The van der Waals surface area contributed by atoms with Crippen molar-refractivity contribution >= 4 is 28.5 Å². The molecule has 1 fully saturated rings. The van der Waals surface area contributed by atoms with Crippen LogP contribution in [0.3, 0.4) is 0 Å². The summed E-state index contributed by atoms with van der Waals surface area (Å²) in [7, 11) is 1.62. The lowest BCUT2D eigenvalue weighted by molar-refractivity contribution is -0.137. The van der Waals surface area contributed by atoms with Crippen molar-refractivity contribution in [2.45, 2.75) is 52.0 Å². The molecule has 1 atom stereocenters. The first-order valence-corrected chi connectivity index (χ1v) is 11.6. The van der Waals surface area contributed by atoms with E-state index in [0.717, 1.165) is 17.0 Å². The van der Waals surface area contributed by atoms with Gasteiger partial charge in [-0.15, -0.1) is 0 Å². The zero-order chi connectivity index (χ0) is 23.7. The van der Waals surface area contributed by atoms with Gasteiger partial charge in [0.2, 0.25) is 0 Å². The second-order valence-corrected chi connectivity index (χ2v) is 9.44. The third kappa shape index (κ3) is 5.05. The van der Waals surface area contributed by atoms with Gasteiger partial charge in [-0.3, -0.25) is 9.59 Å². The van der Waals surface area contributed by atoms with Crippen molar-refractivity contribution in [3.8, 4) is 0 Å². The second-order valence-electron chi connectivity index (χ2n) is 9.44. The van der Waals surface area contributed by atoms with Crippen LogP contribution in [-0.2, 0) is 4.79 Å². The number of rotatable bonds is 9. The third-order valence-corrected chi connectivity index (χ3v) is 6.46. The smallest absolute Gasteiger partial charge is 0.305 e. The van der Waals surface area contributed by atoms with E-state index >= 15 is 0 Å². The monoisotopic (exact) mass is 448 g/mol. The van der Waals surface area contributed by atoms with E-state index in [9.17, 15) is 9.59 Å². The van der Waals surface area contributed by atoms with Crippen LogP contribution in [0.1, 0.15) is 72.3 Å². The van der Waals surface area contributed by atoms with Crippen molar-refractivity contribution in [2.24, 2.45) is 5.92 Å². The van der Waals surface area contributed by atoms with Gasteiger partial charge in [0.05, 0.1) is 12.5 Å². The van der Waals surface area contributed by atoms with E-state index in [2.05, 4.69) is 44.3 Å². The Balaban J connectivity index is 1.52. The molecule has 1 aromatic heterocycles. The highest BCUT2D eigenvalue weighted by Crippen LogP contribution is 2.42. The number of carboxylic acids is 1. The van der Waals surface area contributed by atoms with Gasteiger partial charge in [0.1, 0.15) is 11.3 Å². The Hall–Kier alpha value is -3.28. The molecule has 2 N–H and O–H groups in total. The largest absolute Gasteiger partial charge is 0.481 e. The molecule has 0 radical (unpaired) electrons. The normalized spacial score (nSPS) is 14.5. The van der Waals surface area contributed by atoms with Crippen LogP contribution in [0.4, 0.5) is 5.69 Å². The molecule has 1 aliphatic rings. The number of carbonyl (C=O) groups excluding carboxylic acids is 1. The van der Waals surface area contributed by atoms with E-state index in [1.165, 1.54) is 34.3 Å². The zero-order valence-electron chi connectivity index (χ0n) is 19.7. The van der Waals surface area contributed by atoms with Gasteiger partial charge in [-0.1, -0.05) is 19.9 Å². The molecule has 4 rings (SSSR count). The van der Waals surface area contributed by atoms with Crippen LogP contribution in [0.15, 0.2) is 46.9 Å². The van der Waals surface area contributed by atoms with Crippen LogP contribution in [0.2, 0.25) is 0 Å². The fourth-order valence-electron chi connectivity index (χ4n) is 4.23. The summed E-state index contributed by atoms with van der Waals surface area (Å²) in [6.07, 6.45) is 2.48. The first-order valence-electron chi connectivity index (χ1n) is 11.6. The minimum Gasteiger partial charge on any atom is -0.481 e. The number of aliphatic carboxylic acids is 1. The zero-order valence-corrected chi connectivity index (χ0v) is 19.7. The first kappa shape index (κ1) is 22.9. The molecule has 1 aliphatic carbocycles. The van der Waals surface area contributed by atoms with Crippen molar-refractivity contribution < 1.29 is 19.1 Å². The molecule has 1 heterocycles. The highest BCUT2D eigenvalue weighted by atomic mass is 16.4. The Bertz CT molecular complexity index is 1160. The van der Waals surface area contributed by atoms with E-state index < -0.39 is 5.97 Å². The number of nitrogens with one attached hydrogen (secondary N) is 1. The number of nitrogens with zero attached hydrogens (tertiary/aromatic N) is 1. The fraction of sp³-hybridized carbons (Fsp3) is 0.407. The van der Waals surface area contributed by atoms with Gasteiger partial charge in [0.25, 0.3) is 5.91 Å². The topological polar surface area (TPSA) is 82.8 Å². The summed E-state index contributed by atoms with van der Waals surface area (Å²) < 4.78 is 6.32. The molecule has 0 spiro atoms. The van der Waals surface area contributed by atoms with Crippen LogP contribution in [-0.4, -0.2) is 35.5 Å². The molecule has 3 aromatic rings. The molecular weight excluding hydrogens is 416 g/mol. The predicted octanol–water partition coefficient (Wildman–Crippen LogP) is 5.97. The lowest BCUT2D eigenvalue weighted by atomic mass is 9.97. The summed E-state index contributed by atoms with van der Waals surface area (Å²) in [5, 5.41) is 13.6. The van der Waals surface area contributed by atoms with Crippen molar-refractivity contribution in [1.29, 1.82) is 0 Å². The summed E-state index contributed by atoms with van der Waals surface area (Å²) in [5.74, 6) is 0.828. The first-order chi connectivity index (χ1) is 15.7. The fourth-order valence-corrected chi connectivity index (χ4v) is 4.23. The van der Waals surface area contributed by atoms with E-state index in [-0.39, 0.29) is 30.8 Å². The summed E-state index contributed by atoms with van der Waals surface area (Å²) in [4.78, 5) is 24.7. The van der Waals surface area contributed by atoms with Crippen molar-refractivity contribution in [2.75, 3.05) is 18.9 Å². The molecule has 2 aromatic carbocycles. The van der Waals surface area contributed by atoms with Crippen LogP contribution in [0, 0.1) is 12.8 Å². The van der Waals surface area contributed by atoms with Crippen LogP contribution < -0.4 is 5.32 Å². The third-order valence-electron chi connectivity index (χ3n) is 6.46. The molecule has 6 nitrogen and oxygen atoms in total. The van der Waals surface area contributed by atoms with Gasteiger partial charge in [-0.25, -0.2) is 0 Å². The van der Waals surface area contributed by atoms with Crippen LogP contribution >= 0.6 is 0 Å². The Kier molecular flexibility index (Phi) is 6.45. The lowest BCUT2D eigenvalue weighted by Crippen LogP contribution is -2.29. The van der Waals surface area contributed by atoms with Crippen molar-refractivity contribution in [3.63, 3.8) is 0 Å². The molecule has 1 unspecified atom stereocenters. The Morgan fingerprint density at radius 1 is 1.15 bits per heavy atom. The van der Waals surface area contributed by atoms with E-state index in [1.54, 1.807) is 19.2 Å². The number of furan rings is 1. The van der Waals surface area contributed by atoms with Gasteiger partial charge in [0, 0.05) is 35.8 Å². The number of carbonyl (C=O) groups is 2. The minimum absolute atomic E-state index is 0.0124. The van der Waals surface area contributed by atoms with Crippen molar-refractivity contribution in [1.82, 2.24) is 4.90 Å². The molecule has 1 amide bonds. The number of hydrogen-bond donors (Lipinski definition) is 2. The molecule has 33 heavy (non-hydrogen) atoms. The Labute approximate surface area is 194 Å². The molecule has 174 valence electrons. The van der Waals surface area contributed by atoms with Gasteiger partial charge >= 0.3 is 5.97 Å². The maximum atomic E-state index is 12.5. The standard InChI is InChI=1S/C27H32N2O4/c1-16(2)25(26-17(3)22-15-20(18-5-6-18)9-12-23(22)33-26)28-21-10-7-19(8-11-21)27(32)29(4)14-13-24(30)31/h7-12,15-16,18,25,28H,5-6,13-14H2,1-4H3,(H,30,31). The SMILES string of the molecule is Cc1c(C(Nc2ccc(C(=O)N(C)CCC(=O)O)cc2)C(C)C)oc2ccc(C3CC3)cc12. The highest BCUT2D eigenvalue weighted by Gasteiger charge is 2.27. The van der Waals surface area contributed by atoms with Gasteiger partial charge in [0.15, 0.2) is 0 Å². The van der Waals surface area contributed by atoms with Crippen molar-refractivity contribution in [3.05, 3.63) is 64.9 Å². The lowest BCUT2D eigenvalue weighted by Gasteiger charge is -2.23. The quantitative estimate of drug-likeness (QED) is 0.421. The minimum atomic E-state index is -0.918. The average molecular weight is 449 g/mol. The Morgan fingerprint density at radius 3 is 2.45 bits per heavy atom. The number of fused-ring (bicyclic) bond motifs is 1. The molecule has 6 heteroatoms. The summed E-state index contributed by atoms with van der Waals surface area (Å²) in [6, 6.07) is 13.9. The Morgan fingerprint density at radius 2 is 1.85 bits per heavy atom. The number of amides is 1. The van der Waals surface area contributed by atoms with E-state index in [4.69, 9.17) is 9.52 Å².